The van der Waals surface area contributed by atoms with E-state index in [0.29, 0.717) is 40.4 Å². The number of rotatable bonds is 8. The maximum atomic E-state index is 6.18. The van der Waals surface area contributed by atoms with Gasteiger partial charge < -0.3 is 19.5 Å². The maximum absolute atomic E-state index is 6.18. The minimum Gasteiger partial charge on any atom is -0.495 e. The molecule has 0 aliphatic rings. The summed E-state index contributed by atoms with van der Waals surface area (Å²) in [4.78, 5) is 0. The van der Waals surface area contributed by atoms with E-state index in [1.54, 1.807) is 20.3 Å². The molecule has 0 spiro atoms. The van der Waals surface area contributed by atoms with Crippen molar-refractivity contribution in [3.05, 3.63) is 45.9 Å². The van der Waals surface area contributed by atoms with Crippen LogP contribution >= 0.6 is 23.2 Å². The quantitative estimate of drug-likeness (QED) is 0.674. The Labute approximate surface area is 152 Å². The Morgan fingerprint density at radius 2 is 1.75 bits per heavy atom. The average Bonchev–Trinajstić information content (AvgIpc) is 2.58. The lowest BCUT2D eigenvalue weighted by Gasteiger charge is -2.16. The first-order valence-corrected chi connectivity index (χ1v) is 8.41. The van der Waals surface area contributed by atoms with Crippen LogP contribution in [0.15, 0.2) is 30.3 Å². The predicted octanol–water partition coefficient (Wildman–Crippen LogP) is 5.41. The number of nitrogens with one attached hydrogen (secondary N) is 1. The highest BCUT2D eigenvalue weighted by atomic mass is 35.5. The number of hydrogen-bond acceptors (Lipinski definition) is 4. The van der Waals surface area contributed by atoms with Crippen molar-refractivity contribution in [2.75, 3.05) is 26.1 Å². The van der Waals surface area contributed by atoms with Gasteiger partial charge in [0.1, 0.15) is 5.75 Å². The first-order chi connectivity index (χ1) is 11.6. The fraction of sp³-hybridized carbons (Fsp3) is 0.333. The second-order valence-electron chi connectivity index (χ2n) is 5.15. The molecule has 130 valence electrons. The highest BCUT2D eigenvalue weighted by molar-refractivity contribution is 6.32. The Hall–Kier alpha value is -1.78. The number of methoxy groups -OCH3 is 2. The molecule has 0 bridgehead atoms. The molecule has 2 aromatic rings. The Bertz CT molecular complexity index is 692. The van der Waals surface area contributed by atoms with Crippen molar-refractivity contribution in [1.82, 2.24) is 0 Å². The second-order valence-corrected chi connectivity index (χ2v) is 5.99. The van der Waals surface area contributed by atoms with E-state index in [0.717, 1.165) is 17.7 Å². The van der Waals surface area contributed by atoms with Crippen LogP contribution in [0.2, 0.25) is 10.0 Å². The third-order valence-corrected chi connectivity index (χ3v) is 3.92. The predicted molar refractivity (Wildman–Crippen MR) is 99.1 cm³/mol. The van der Waals surface area contributed by atoms with Gasteiger partial charge in [0.2, 0.25) is 0 Å². The van der Waals surface area contributed by atoms with E-state index in [9.17, 15) is 0 Å². The third kappa shape index (κ3) is 4.62. The molecule has 0 heterocycles. The van der Waals surface area contributed by atoms with Crippen molar-refractivity contribution in [3.63, 3.8) is 0 Å². The summed E-state index contributed by atoms with van der Waals surface area (Å²) in [6.07, 6.45) is 0.909. The minimum absolute atomic E-state index is 0.526. The topological polar surface area (TPSA) is 39.7 Å². The van der Waals surface area contributed by atoms with Crippen LogP contribution in [-0.4, -0.2) is 20.8 Å². The minimum atomic E-state index is 0.526. The van der Waals surface area contributed by atoms with Crippen LogP contribution in [0.3, 0.4) is 0 Å². The average molecular weight is 370 g/mol. The van der Waals surface area contributed by atoms with Crippen LogP contribution in [-0.2, 0) is 6.54 Å². The van der Waals surface area contributed by atoms with Gasteiger partial charge in [-0.1, -0.05) is 30.1 Å². The lowest BCUT2D eigenvalue weighted by molar-refractivity contribution is 0.291. The molecule has 6 heteroatoms. The Kier molecular flexibility index (Phi) is 6.88. The lowest BCUT2D eigenvalue weighted by atomic mass is 10.1. The molecule has 0 aromatic heterocycles. The summed E-state index contributed by atoms with van der Waals surface area (Å²) in [5, 5.41) is 4.46. The molecule has 0 aliphatic heterocycles. The van der Waals surface area contributed by atoms with Gasteiger partial charge in [0.25, 0.3) is 0 Å². The van der Waals surface area contributed by atoms with Crippen LogP contribution in [0.25, 0.3) is 0 Å². The summed E-state index contributed by atoms with van der Waals surface area (Å²) in [6, 6.07) is 9.15. The SMILES string of the molecule is CCCOc1c(CNc2ccc(OC)c(Cl)c2)cc(Cl)cc1OC. The van der Waals surface area contributed by atoms with E-state index >= 15 is 0 Å². The fourth-order valence-corrected chi connectivity index (χ4v) is 2.74. The summed E-state index contributed by atoms with van der Waals surface area (Å²) < 4.78 is 16.4. The normalized spacial score (nSPS) is 10.4. The second kappa shape index (κ2) is 8.90. The van der Waals surface area contributed by atoms with E-state index in [1.165, 1.54) is 0 Å². The maximum Gasteiger partial charge on any atom is 0.166 e. The molecule has 0 saturated carbocycles. The van der Waals surface area contributed by atoms with Crippen LogP contribution in [0, 0.1) is 0 Å². The monoisotopic (exact) mass is 369 g/mol. The van der Waals surface area contributed by atoms with E-state index < -0.39 is 0 Å². The van der Waals surface area contributed by atoms with Gasteiger partial charge in [0, 0.05) is 28.9 Å². The number of anilines is 1. The molecule has 2 aromatic carbocycles. The zero-order chi connectivity index (χ0) is 17.5. The summed E-state index contributed by atoms with van der Waals surface area (Å²) in [6.45, 7) is 3.19. The van der Waals surface area contributed by atoms with E-state index in [4.69, 9.17) is 37.4 Å². The molecular formula is C18H21Cl2NO3. The van der Waals surface area contributed by atoms with Crippen LogP contribution in [0.5, 0.6) is 17.2 Å². The number of hydrogen-bond donors (Lipinski definition) is 1. The van der Waals surface area contributed by atoms with Crippen LogP contribution in [0.1, 0.15) is 18.9 Å². The summed E-state index contributed by atoms with van der Waals surface area (Å²) >= 11 is 12.3. The Morgan fingerprint density at radius 3 is 2.38 bits per heavy atom. The van der Waals surface area contributed by atoms with Gasteiger partial charge in [-0.25, -0.2) is 0 Å². The van der Waals surface area contributed by atoms with Gasteiger partial charge >= 0.3 is 0 Å². The lowest BCUT2D eigenvalue weighted by Crippen LogP contribution is -2.06. The summed E-state index contributed by atoms with van der Waals surface area (Å²) in [7, 11) is 3.19. The third-order valence-electron chi connectivity index (χ3n) is 3.40. The van der Waals surface area contributed by atoms with E-state index in [1.807, 2.05) is 24.3 Å². The standard InChI is InChI=1S/C18H21Cl2NO3/c1-4-7-24-18-12(8-13(19)9-17(18)23-3)11-21-14-5-6-16(22-2)15(20)10-14/h5-6,8-10,21H,4,7,11H2,1-3H3. The van der Waals surface area contributed by atoms with E-state index in [2.05, 4.69) is 12.2 Å². The van der Waals surface area contributed by atoms with Crippen LogP contribution < -0.4 is 19.5 Å². The Balaban J connectivity index is 2.21. The zero-order valence-electron chi connectivity index (χ0n) is 14.0. The van der Waals surface area contributed by atoms with E-state index in [-0.39, 0.29) is 0 Å². The van der Waals surface area contributed by atoms with Crippen molar-refractivity contribution < 1.29 is 14.2 Å². The van der Waals surface area contributed by atoms with Crippen molar-refractivity contribution in [1.29, 1.82) is 0 Å². The molecule has 0 radical (unpaired) electrons. The van der Waals surface area contributed by atoms with Gasteiger partial charge in [-0.15, -0.1) is 0 Å². The molecule has 2 rings (SSSR count). The zero-order valence-corrected chi connectivity index (χ0v) is 15.5. The molecule has 0 saturated heterocycles. The molecular weight excluding hydrogens is 349 g/mol. The number of halogens is 2. The highest BCUT2D eigenvalue weighted by Gasteiger charge is 2.13. The van der Waals surface area contributed by atoms with Gasteiger partial charge in [-0.3, -0.25) is 0 Å². The summed E-state index contributed by atoms with van der Waals surface area (Å²) in [5.74, 6) is 1.97. The molecule has 0 amide bonds. The van der Waals surface area contributed by atoms with Crippen molar-refractivity contribution in [3.8, 4) is 17.2 Å². The molecule has 0 atom stereocenters. The number of benzene rings is 2. The fourth-order valence-electron chi connectivity index (χ4n) is 2.25. The summed E-state index contributed by atoms with van der Waals surface area (Å²) in [5.41, 5.74) is 1.79. The smallest absolute Gasteiger partial charge is 0.166 e. The largest absolute Gasteiger partial charge is 0.495 e. The van der Waals surface area contributed by atoms with Crippen LogP contribution in [0.4, 0.5) is 5.69 Å². The molecule has 1 N–H and O–H groups in total. The highest BCUT2D eigenvalue weighted by Crippen LogP contribution is 2.35. The van der Waals surface area contributed by atoms with Crippen molar-refractivity contribution >= 4 is 28.9 Å². The molecule has 0 fully saturated rings. The number of ether oxygens (including phenoxy) is 3. The first-order valence-electron chi connectivity index (χ1n) is 7.65. The molecule has 4 nitrogen and oxygen atoms in total. The van der Waals surface area contributed by atoms with Gasteiger partial charge in [-0.05, 0) is 30.7 Å². The van der Waals surface area contributed by atoms with Gasteiger partial charge in [0.15, 0.2) is 11.5 Å². The molecule has 0 aliphatic carbocycles. The van der Waals surface area contributed by atoms with Crippen molar-refractivity contribution in [2.24, 2.45) is 0 Å². The van der Waals surface area contributed by atoms with Crippen molar-refractivity contribution in [2.45, 2.75) is 19.9 Å². The van der Waals surface area contributed by atoms with Gasteiger partial charge in [0.05, 0.1) is 25.8 Å². The van der Waals surface area contributed by atoms with Gasteiger partial charge in [-0.2, -0.15) is 0 Å². The molecule has 24 heavy (non-hydrogen) atoms. The first kappa shape index (κ1) is 18.6. The Morgan fingerprint density at radius 1 is 1.00 bits per heavy atom. The molecule has 0 unspecified atom stereocenters.